The van der Waals surface area contributed by atoms with Gasteiger partial charge in [0.25, 0.3) is 0 Å². The minimum absolute atomic E-state index is 0.0442. The second-order valence-corrected chi connectivity index (χ2v) is 8.98. The number of rotatable bonds is 23. The maximum atomic E-state index is 11.8. The van der Waals surface area contributed by atoms with Crippen molar-refractivity contribution in [2.75, 3.05) is 6.61 Å². The largest absolute Gasteiger partial charge is 0.466 e. The first kappa shape index (κ1) is 29.9. The summed E-state index contributed by atoms with van der Waals surface area (Å²) in [5, 5.41) is 0. The molecule has 0 aliphatic carbocycles. The van der Waals surface area contributed by atoms with Crippen LogP contribution in [0, 0.1) is 0 Å². The first-order valence-electron chi connectivity index (χ1n) is 13.5. The SMILES string of the molecule is CCCCCCCCCCCCCCCOC(=O)CCCCC(=O)OC(CC)CCC. The molecule has 0 N–H and O–H groups in total. The van der Waals surface area contributed by atoms with E-state index in [-0.39, 0.29) is 18.0 Å². The van der Waals surface area contributed by atoms with Crippen molar-refractivity contribution in [1.82, 2.24) is 0 Å². The molecule has 0 heterocycles. The Morgan fingerprint density at radius 2 is 1.06 bits per heavy atom. The number of unbranched alkanes of at least 4 members (excludes halogenated alkanes) is 13. The fraction of sp³-hybridized carbons (Fsp3) is 0.926. The van der Waals surface area contributed by atoms with Crippen LogP contribution in [0.2, 0.25) is 0 Å². The monoisotopic (exact) mass is 440 g/mol. The quantitative estimate of drug-likeness (QED) is 0.118. The number of carbonyl (C=O) groups excluding carboxylic acids is 2. The van der Waals surface area contributed by atoms with E-state index in [0.29, 0.717) is 32.3 Å². The predicted molar refractivity (Wildman–Crippen MR) is 130 cm³/mol. The average molecular weight is 441 g/mol. The first-order chi connectivity index (χ1) is 15.1. The number of hydrogen-bond donors (Lipinski definition) is 0. The van der Waals surface area contributed by atoms with Crippen LogP contribution >= 0.6 is 0 Å². The Kier molecular flexibility index (Phi) is 22.8. The highest BCUT2D eigenvalue weighted by Crippen LogP contribution is 2.13. The van der Waals surface area contributed by atoms with Crippen LogP contribution < -0.4 is 0 Å². The van der Waals surface area contributed by atoms with E-state index < -0.39 is 0 Å². The Morgan fingerprint density at radius 1 is 0.581 bits per heavy atom. The summed E-state index contributed by atoms with van der Waals surface area (Å²) in [6.45, 7) is 6.94. The smallest absolute Gasteiger partial charge is 0.306 e. The van der Waals surface area contributed by atoms with Gasteiger partial charge in [0.15, 0.2) is 0 Å². The fourth-order valence-corrected chi connectivity index (χ4v) is 3.83. The Bertz CT molecular complexity index is 408. The van der Waals surface area contributed by atoms with Crippen molar-refractivity contribution in [1.29, 1.82) is 0 Å². The second kappa shape index (κ2) is 23.6. The van der Waals surface area contributed by atoms with Crippen LogP contribution in [-0.4, -0.2) is 24.6 Å². The molecule has 0 fully saturated rings. The molecule has 4 heteroatoms. The van der Waals surface area contributed by atoms with Crippen molar-refractivity contribution in [3.63, 3.8) is 0 Å². The van der Waals surface area contributed by atoms with Gasteiger partial charge in [-0.05, 0) is 32.1 Å². The maximum absolute atomic E-state index is 11.8. The van der Waals surface area contributed by atoms with Crippen molar-refractivity contribution in [2.24, 2.45) is 0 Å². The van der Waals surface area contributed by atoms with Crippen LogP contribution in [0.1, 0.15) is 149 Å². The van der Waals surface area contributed by atoms with E-state index in [1.807, 2.05) is 6.92 Å². The van der Waals surface area contributed by atoms with Crippen LogP contribution in [-0.2, 0) is 19.1 Å². The normalized spacial score (nSPS) is 12.0. The molecular formula is C27H52O4. The van der Waals surface area contributed by atoms with Crippen molar-refractivity contribution in [2.45, 2.75) is 155 Å². The van der Waals surface area contributed by atoms with Gasteiger partial charge >= 0.3 is 11.9 Å². The minimum Gasteiger partial charge on any atom is -0.466 e. The van der Waals surface area contributed by atoms with Crippen LogP contribution in [0.3, 0.4) is 0 Å². The van der Waals surface area contributed by atoms with E-state index in [1.165, 1.54) is 70.6 Å². The standard InChI is InChI=1S/C27H52O4/c1-4-7-8-9-10-11-12-13-14-15-16-17-20-24-30-26(28)22-18-19-23-27(29)31-25(6-3)21-5-2/h25H,4-24H2,1-3H3. The van der Waals surface area contributed by atoms with E-state index >= 15 is 0 Å². The summed E-state index contributed by atoms with van der Waals surface area (Å²) >= 11 is 0. The van der Waals surface area contributed by atoms with E-state index in [2.05, 4.69) is 13.8 Å². The number of carbonyl (C=O) groups is 2. The third-order valence-electron chi connectivity index (χ3n) is 5.89. The Balaban J connectivity index is 3.35. The maximum Gasteiger partial charge on any atom is 0.306 e. The minimum atomic E-state index is -0.138. The van der Waals surface area contributed by atoms with Crippen molar-refractivity contribution in [3.05, 3.63) is 0 Å². The van der Waals surface area contributed by atoms with Crippen molar-refractivity contribution in [3.8, 4) is 0 Å². The van der Waals surface area contributed by atoms with Gasteiger partial charge in [0.05, 0.1) is 6.61 Å². The molecule has 0 amide bonds. The number of esters is 2. The molecule has 0 aliphatic rings. The zero-order valence-corrected chi connectivity index (χ0v) is 21.1. The third-order valence-corrected chi connectivity index (χ3v) is 5.89. The molecule has 0 aliphatic heterocycles. The van der Waals surface area contributed by atoms with Gasteiger partial charge in [0.2, 0.25) is 0 Å². The molecule has 0 rings (SSSR count). The van der Waals surface area contributed by atoms with E-state index in [0.717, 1.165) is 32.1 Å². The molecule has 184 valence electrons. The molecule has 0 aromatic rings. The van der Waals surface area contributed by atoms with E-state index in [9.17, 15) is 9.59 Å². The van der Waals surface area contributed by atoms with Gasteiger partial charge in [-0.15, -0.1) is 0 Å². The second-order valence-electron chi connectivity index (χ2n) is 8.98. The van der Waals surface area contributed by atoms with Gasteiger partial charge in [-0.1, -0.05) is 104 Å². The molecule has 0 radical (unpaired) electrons. The topological polar surface area (TPSA) is 52.6 Å². The molecule has 0 aromatic heterocycles. The van der Waals surface area contributed by atoms with Crippen molar-refractivity contribution >= 4 is 11.9 Å². The molecule has 0 spiro atoms. The molecule has 0 aromatic carbocycles. The Morgan fingerprint density at radius 3 is 1.55 bits per heavy atom. The summed E-state index contributed by atoms with van der Waals surface area (Å²) in [7, 11) is 0. The molecule has 1 atom stereocenters. The highest BCUT2D eigenvalue weighted by atomic mass is 16.5. The molecule has 31 heavy (non-hydrogen) atoms. The van der Waals surface area contributed by atoms with Gasteiger partial charge in [0, 0.05) is 12.8 Å². The molecule has 0 saturated heterocycles. The summed E-state index contributed by atoms with van der Waals surface area (Å²) < 4.78 is 10.8. The molecule has 0 saturated carbocycles. The van der Waals surface area contributed by atoms with Gasteiger partial charge in [0.1, 0.15) is 6.10 Å². The summed E-state index contributed by atoms with van der Waals surface area (Å²) in [6, 6.07) is 0. The summed E-state index contributed by atoms with van der Waals surface area (Å²) in [6.07, 6.45) is 22.2. The lowest BCUT2D eigenvalue weighted by Crippen LogP contribution is -2.17. The lowest BCUT2D eigenvalue weighted by molar-refractivity contribution is -0.150. The van der Waals surface area contributed by atoms with Crippen molar-refractivity contribution < 1.29 is 19.1 Å². The lowest BCUT2D eigenvalue weighted by atomic mass is 10.0. The van der Waals surface area contributed by atoms with Gasteiger partial charge in [-0.2, -0.15) is 0 Å². The molecular weight excluding hydrogens is 388 g/mol. The van der Waals surface area contributed by atoms with Crippen LogP contribution in [0.15, 0.2) is 0 Å². The first-order valence-corrected chi connectivity index (χ1v) is 13.5. The van der Waals surface area contributed by atoms with Gasteiger partial charge in [-0.25, -0.2) is 0 Å². The highest BCUT2D eigenvalue weighted by Gasteiger charge is 2.11. The highest BCUT2D eigenvalue weighted by molar-refractivity contribution is 5.70. The predicted octanol–water partition coefficient (Wildman–Crippen LogP) is 8.30. The van der Waals surface area contributed by atoms with Gasteiger partial charge in [-0.3, -0.25) is 9.59 Å². The summed E-state index contributed by atoms with van der Waals surface area (Å²) in [4.78, 5) is 23.6. The zero-order valence-electron chi connectivity index (χ0n) is 21.1. The Hall–Kier alpha value is -1.06. The van der Waals surface area contributed by atoms with E-state index in [4.69, 9.17) is 9.47 Å². The van der Waals surface area contributed by atoms with Crippen LogP contribution in [0.5, 0.6) is 0 Å². The number of ether oxygens (including phenoxy) is 2. The van der Waals surface area contributed by atoms with Crippen LogP contribution in [0.25, 0.3) is 0 Å². The summed E-state index contributed by atoms with van der Waals surface area (Å²) in [5.74, 6) is -0.273. The zero-order chi connectivity index (χ0) is 23.0. The Labute approximate surface area is 193 Å². The average Bonchev–Trinajstić information content (AvgIpc) is 2.76. The molecule has 1 unspecified atom stereocenters. The van der Waals surface area contributed by atoms with Gasteiger partial charge < -0.3 is 9.47 Å². The summed E-state index contributed by atoms with van der Waals surface area (Å²) in [5.41, 5.74) is 0. The van der Waals surface area contributed by atoms with E-state index in [1.54, 1.807) is 0 Å². The fourth-order valence-electron chi connectivity index (χ4n) is 3.83. The third kappa shape index (κ3) is 21.9. The molecule has 0 bridgehead atoms. The molecule has 4 nitrogen and oxygen atoms in total. The van der Waals surface area contributed by atoms with Crippen LogP contribution in [0.4, 0.5) is 0 Å². The lowest BCUT2D eigenvalue weighted by Gasteiger charge is -2.15. The number of hydrogen-bond acceptors (Lipinski definition) is 4.